The Hall–Kier alpha value is -2.76. The van der Waals surface area contributed by atoms with Gasteiger partial charge in [-0.25, -0.2) is 4.98 Å². The molecule has 0 atom stereocenters. The fourth-order valence-electron chi connectivity index (χ4n) is 2.35. The summed E-state index contributed by atoms with van der Waals surface area (Å²) in [6.45, 7) is 3.50. The summed E-state index contributed by atoms with van der Waals surface area (Å²) in [5, 5.41) is 6.11. The minimum Gasteiger partial charge on any atom is -0.493 e. The van der Waals surface area contributed by atoms with Crippen molar-refractivity contribution in [2.45, 2.75) is 19.8 Å². The summed E-state index contributed by atoms with van der Waals surface area (Å²) in [6, 6.07) is 9.33. The van der Waals surface area contributed by atoms with Crippen LogP contribution < -0.4 is 20.1 Å². The van der Waals surface area contributed by atoms with Crippen molar-refractivity contribution in [3.63, 3.8) is 0 Å². The summed E-state index contributed by atoms with van der Waals surface area (Å²) in [5.74, 6) is 1.20. The number of ether oxygens (including phenoxy) is 2. The van der Waals surface area contributed by atoms with E-state index in [1.165, 1.54) is 0 Å². The molecular formula is C19H25N3O3. The van der Waals surface area contributed by atoms with Gasteiger partial charge >= 0.3 is 0 Å². The number of anilines is 1. The van der Waals surface area contributed by atoms with E-state index in [2.05, 4.69) is 22.5 Å². The SMILES string of the molecule is CCCNc1ccc(C(=O)NCCc2ccc(OC)c(OC)c2)nc1. The standard InChI is InChI=1S/C19H25N3O3/c1-4-10-20-15-6-7-16(22-13-15)19(23)21-11-9-14-5-8-17(24-2)18(12-14)25-3/h5-8,12-13,20H,4,9-11H2,1-3H3,(H,21,23). The fourth-order valence-corrected chi connectivity index (χ4v) is 2.35. The Morgan fingerprint density at radius 1 is 1.08 bits per heavy atom. The molecule has 0 aliphatic carbocycles. The lowest BCUT2D eigenvalue weighted by atomic mass is 10.1. The van der Waals surface area contributed by atoms with Crippen molar-refractivity contribution >= 4 is 11.6 Å². The second-order valence-corrected chi connectivity index (χ2v) is 5.55. The predicted octanol–water partition coefficient (Wildman–Crippen LogP) is 2.89. The van der Waals surface area contributed by atoms with Gasteiger partial charge in [-0.2, -0.15) is 0 Å². The molecule has 6 heteroatoms. The molecule has 2 N–H and O–H groups in total. The van der Waals surface area contributed by atoms with Gasteiger partial charge in [-0.3, -0.25) is 4.79 Å². The molecule has 25 heavy (non-hydrogen) atoms. The Bertz CT molecular complexity index is 687. The minimum atomic E-state index is -0.178. The van der Waals surface area contributed by atoms with Crippen LogP contribution in [0.3, 0.4) is 0 Å². The van der Waals surface area contributed by atoms with E-state index in [0.717, 1.165) is 24.2 Å². The number of hydrogen-bond acceptors (Lipinski definition) is 5. The molecule has 1 aromatic carbocycles. The number of carbonyl (C=O) groups is 1. The van der Waals surface area contributed by atoms with Gasteiger partial charge in [-0.15, -0.1) is 0 Å². The van der Waals surface area contributed by atoms with E-state index in [9.17, 15) is 4.79 Å². The van der Waals surface area contributed by atoms with E-state index in [4.69, 9.17) is 9.47 Å². The third kappa shape index (κ3) is 5.38. The van der Waals surface area contributed by atoms with Crippen molar-refractivity contribution in [3.8, 4) is 11.5 Å². The molecule has 134 valence electrons. The lowest BCUT2D eigenvalue weighted by Gasteiger charge is -2.10. The molecular weight excluding hydrogens is 318 g/mol. The third-order valence-electron chi connectivity index (χ3n) is 3.72. The zero-order chi connectivity index (χ0) is 18.1. The smallest absolute Gasteiger partial charge is 0.269 e. The van der Waals surface area contributed by atoms with Crippen LogP contribution >= 0.6 is 0 Å². The van der Waals surface area contributed by atoms with E-state index < -0.39 is 0 Å². The van der Waals surface area contributed by atoms with Crippen LogP contribution in [-0.2, 0) is 6.42 Å². The Labute approximate surface area is 148 Å². The highest BCUT2D eigenvalue weighted by Crippen LogP contribution is 2.27. The van der Waals surface area contributed by atoms with Crippen LogP contribution in [0.25, 0.3) is 0 Å². The van der Waals surface area contributed by atoms with Gasteiger partial charge in [0.05, 0.1) is 26.1 Å². The molecule has 0 fully saturated rings. The molecule has 2 rings (SSSR count). The topological polar surface area (TPSA) is 72.5 Å². The van der Waals surface area contributed by atoms with E-state index in [0.29, 0.717) is 30.2 Å². The maximum absolute atomic E-state index is 12.1. The fraction of sp³-hybridized carbons (Fsp3) is 0.368. The summed E-state index contributed by atoms with van der Waals surface area (Å²) < 4.78 is 10.5. The van der Waals surface area contributed by atoms with Crippen molar-refractivity contribution in [1.29, 1.82) is 0 Å². The van der Waals surface area contributed by atoms with Gasteiger partial charge in [0.25, 0.3) is 5.91 Å². The predicted molar refractivity (Wildman–Crippen MR) is 98.6 cm³/mol. The Morgan fingerprint density at radius 3 is 2.52 bits per heavy atom. The van der Waals surface area contributed by atoms with Crippen LogP contribution in [-0.4, -0.2) is 38.2 Å². The van der Waals surface area contributed by atoms with Crippen molar-refractivity contribution in [2.24, 2.45) is 0 Å². The van der Waals surface area contributed by atoms with Crippen LogP contribution in [0.4, 0.5) is 5.69 Å². The number of amides is 1. The van der Waals surface area contributed by atoms with E-state index in [-0.39, 0.29) is 5.91 Å². The van der Waals surface area contributed by atoms with Crippen LogP contribution in [0.2, 0.25) is 0 Å². The molecule has 0 saturated heterocycles. The van der Waals surface area contributed by atoms with Crippen LogP contribution in [0.15, 0.2) is 36.5 Å². The zero-order valence-electron chi connectivity index (χ0n) is 15.0. The van der Waals surface area contributed by atoms with Gasteiger partial charge in [0.15, 0.2) is 11.5 Å². The average molecular weight is 343 g/mol. The summed E-state index contributed by atoms with van der Waals surface area (Å²) in [4.78, 5) is 16.3. The lowest BCUT2D eigenvalue weighted by molar-refractivity contribution is 0.0949. The third-order valence-corrected chi connectivity index (χ3v) is 3.72. The van der Waals surface area contributed by atoms with Crippen LogP contribution in [0, 0.1) is 0 Å². The molecule has 1 heterocycles. The maximum Gasteiger partial charge on any atom is 0.269 e. The van der Waals surface area contributed by atoms with E-state index in [1.54, 1.807) is 26.5 Å². The summed E-state index contributed by atoms with van der Waals surface area (Å²) in [7, 11) is 3.21. The number of hydrogen-bond donors (Lipinski definition) is 2. The summed E-state index contributed by atoms with van der Waals surface area (Å²) in [6.07, 6.45) is 3.42. The van der Waals surface area contributed by atoms with Crippen molar-refractivity contribution in [3.05, 3.63) is 47.8 Å². The molecule has 0 unspecified atom stereocenters. The normalized spacial score (nSPS) is 10.2. The Morgan fingerprint density at radius 2 is 1.88 bits per heavy atom. The molecule has 2 aromatic rings. The highest BCUT2D eigenvalue weighted by atomic mass is 16.5. The highest BCUT2D eigenvalue weighted by Gasteiger charge is 2.08. The lowest BCUT2D eigenvalue weighted by Crippen LogP contribution is -2.26. The summed E-state index contributed by atoms with van der Waals surface area (Å²) >= 11 is 0. The van der Waals surface area contributed by atoms with Crippen LogP contribution in [0.1, 0.15) is 29.4 Å². The second-order valence-electron chi connectivity index (χ2n) is 5.55. The number of nitrogens with zero attached hydrogens (tertiary/aromatic N) is 1. The van der Waals surface area contributed by atoms with E-state index >= 15 is 0 Å². The first-order valence-corrected chi connectivity index (χ1v) is 8.37. The van der Waals surface area contributed by atoms with Crippen molar-refractivity contribution in [2.75, 3.05) is 32.6 Å². The molecule has 1 aromatic heterocycles. The van der Waals surface area contributed by atoms with Crippen molar-refractivity contribution < 1.29 is 14.3 Å². The molecule has 0 bridgehead atoms. The molecule has 6 nitrogen and oxygen atoms in total. The number of carbonyl (C=O) groups excluding carboxylic acids is 1. The number of nitrogens with one attached hydrogen (secondary N) is 2. The molecule has 1 amide bonds. The Balaban J connectivity index is 1.85. The maximum atomic E-state index is 12.1. The van der Waals surface area contributed by atoms with Gasteiger partial charge in [-0.1, -0.05) is 13.0 Å². The number of benzene rings is 1. The van der Waals surface area contributed by atoms with Gasteiger partial charge in [0, 0.05) is 13.1 Å². The van der Waals surface area contributed by atoms with Gasteiger partial charge in [0.1, 0.15) is 5.69 Å². The number of pyridine rings is 1. The number of aromatic nitrogens is 1. The zero-order valence-corrected chi connectivity index (χ0v) is 15.0. The average Bonchev–Trinajstić information content (AvgIpc) is 2.66. The summed E-state index contributed by atoms with van der Waals surface area (Å²) in [5.41, 5.74) is 2.39. The largest absolute Gasteiger partial charge is 0.493 e. The van der Waals surface area contributed by atoms with Crippen LogP contribution in [0.5, 0.6) is 11.5 Å². The molecule has 0 aliphatic rings. The van der Waals surface area contributed by atoms with Gasteiger partial charge in [0.2, 0.25) is 0 Å². The van der Waals surface area contributed by atoms with Gasteiger partial charge in [-0.05, 0) is 42.7 Å². The molecule has 0 aliphatic heterocycles. The number of rotatable bonds is 9. The molecule has 0 radical (unpaired) electrons. The molecule has 0 saturated carbocycles. The first-order valence-electron chi connectivity index (χ1n) is 8.37. The van der Waals surface area contributed by atoms with E-state index in [1.807, 2.05) is 24.3 Å². The minimum absolute atomic E-state index is 0.178. The number of methoxy groups -OCH3 is 2. The highest BCUT2D eigenvalue weighted by molar-refractivity contribution is 5.92. The first-order chi connectivity index (χ1) is 12.2. The second kappa shape index (κ2) is 9.52. The monoisotopic (exact) mass is 343 g/mol. The first kappa shape index (κ1) is 18.6. The molecule has 0 spiro atoms. The van der Waals surface area contributed by atoms with Crippen molar-refractivity contribution in [1.82, 2.24) is 10.3 Å². The van der Waals surface area contributed by atoms with Gasteiger partial charge < -0.3 is 20.1 Å². The Kier molecular flexibility index (Phi) is 7.07. The quantitative estimate of drug-likeness (QED) is 0.732.